The molecule has 1 aromatic heterocycles. The van der Waals surface area contributed by atoms with E-state index in [2.05, 4.69) is 0 Å². The largest absolute Gasteiger partial charge is 0.192 e. The highest BCUT2D eigenvalue weighted by Crippen LogP contribution is 2.19. The Hall–Kier alpha value is -1.58. The van der Waals surface area contributed by atoms with Gasteiger partial charge in [-0.25, -0.2) is 0 Å². The topological polar surface area (TPSA) is 47.6 Å². The van der Waals surface area contributed by atoms with Crippen molar-refractivity contribution in [2.75, 3.05) is 0 Å². The van der Waals surface area contributed by atoms with Crippen LogP contribution in [-0.2, 0) is 0 Å². The fraction of sp³-hybridized carbons (Fsp3) is 0.111. The third-order valence-corrected chi connectivity index (χ3v) is 2.24. The third-order valence-electron chi connectivity index (χ3n) is 1.55. The fourth-order valence-corrected chi connectivity index (χ4v) is 1.52. The van der Waals surface area contributed by atoms with Gasteiger partial charge in [-0.3, -0.25) is 0 Å². The maximum Gasteiger partial charge on any atom is 0.133 e. The summed E-state index contributed by atoms with van der Waals surface area (Å²) in [6.45, 7) is 1.78. The summed E-state index contributed by atoms with van der Waals surface area (Å²) in [5.41, 5.74) is 1.90. The van der Waals surface area contributed by atoms with Gasteiger partial charge < -0.3 is 0 Å². The second-order valence-corrected chi connectivity index (χ2v) is 3.02. The van der Waals surface area contributed by atoms with Crippen molar-refractivity contribution in [3.63, 3.8) is 0 Å². The number of nitriles is 2. The molecule has 0 bridgehead atoms. The van der Waals surface area contributed by atoms with E-state index in [9.17, 15) is 0 Å². The first-order valence-electron chi connectivity index (χ1n) is 3.33. The van der Waals surface area contributed by atoms with Gasteiger partial charge in [0.2, 0.25) is 0 Å². The van der Waals surface area contributed by atoms with E-state index in [1.54, 1.807) is 18.3 Å². The molecule has 0 aliphatic heterocycles. The van der Waals surface area contributed by atoms with E-state index in [0.29, 0.717) is 0 Å². The van der Waals surface area contributed by atoms with Gasteiger partial charge >= 0.3 is 0 Å². The zero-order valence-electron chi connectivity index (χ0n) is 6.53. The SMILES string of the molecule is CC(=C(C#N)C#N)c1ccsc1. The smallest absolute Gasteiger partial charge is 0.133 e. The summed E-state index contributed by atoms with van der Waals surface area (Å²) in [6, 6.07) is 5.62. The number of hydrogen-bond donors (Lipinski definition) is 0. The molecule has 0 amide bonds. The Balaban J connectivity index is 3.16. The van der Waals surface area contributed by atoms with Crippen LogP contribution in [0.5, 0.6) is 0 Å². The summed E-state index contributed by atoms with van der Waals surface area (Å²) >= 11 is 1.55. The van der Waals surface area contributed by atoms with Gasteiger partial charge in [0.05, 0.1) is 0 Å². The lowest BCUT2D eigenvalue weighted by Crippen LogP contribution is -1.80. The van der Waals surface area contributed by atoms with Gasteiger partial charge in [-0.2, -0.15) is 21.9 Å². The number of thiophene rings is 1. The Morgan fingerprint density at radius 2 is 2.08 bits per heavy atom. The van der Waals surface area contributed by atoms with Crippen molar-refractivity contribution in [2.45, 2.75) is 6.92 Å². The van der Waals surface area contributed by atoms with Crippen LogP contribution in [0, 0.1) is 22.7 Å². The van der Waals surface area contributed by atoms with Crippen molar-refractivity contribution in [3.8, 4) is 12.1 Å². The molecule has 0 aliphatic carbocycles. The van der Waals surface area contributed by atoms with Crippen LogP contribution in [0.1, 0.15) is 12.5 Å². The average molecular weight is 174 g/mol. The minimum absolute atomic E-state index is 0.188. The fourth-order valence-electron chi connectivity index (χ4n) is 0.815. The van der Waals surface area contributed by atoms with Crippen molar-refractivity contribution >= 4 is 16.9 Å². The Morgan fingerprint density at radius 1 is 1.42 bits per heavy atom. The van der Waals surface area contributed by atoms with E-state index in [0.717, 1.165) is 11.1 Å². The Labute approximate surface area is 75.0 Å². The van der Waals surface area contributed by atoms with Crippen LogP contribution in [0.3, 0.4) is 0 Å². The lowest BCUT2D eigenvalue weighted by atomic mass is 10.1. The van der Waals surface area contributed by atoms with Gasteiger partial charge in [-0.15, -0.1) is 0 Å². The third kappa shape index (κ3) is 1.53. The summed E-state index contributed by atoms with van der Waals surface area (Å²) in [5.74, 6) is 0. The van der Waals surface area contributed by atoms with Gasteiger partial charge in [0.15, 0.2) is 0 Å². The van der Waals surface area contributed by atoms with Crippen LogP contribution in [0.15, 0.2) is 22.4 Å². The molecule has 0 N–H and O–H groups in total. The van der Waals surface area contributed by atoms with Crippen molar-refractivity contribution in [1.29, 1.82) is 10.5 Å². The minimum atomic E-state index is 0.188. The molecular formula is C9H6N2S. The van der Waals surface area contributed by atoms with Crippen molar-refractivity contribution in [3.05, 3.63) is 28.0 Å². The van der Waals surface area contributed by atoms with E-state index in [1.807, 2.05) is 29.0 Å². The van der Waals surface area contributed by atoms with Crippen LogP contribution in [0.2, 0.25) is 0 Å². The van der Waals surface area contributed by atoms with E-state index in [4.69, 9.17) is 10.5 Å². The lowest BCUT2D eigenvalue weighted by Gasteiger charge is -1.93. The molecule has 0 aliphatic rings. The summed E-state index contributed by atoms with van der Waals surface area (Å²) in [4.78, 5) is 0. The summed E-state index contributed by atoms with van der Waals surface area (Å²) < 4.78 is 0. The van der Waals surface area contributed by atoms with Gasteiger partial charge in [-0.1, -0.05) is 0 Å². The molecule has 0 fully saturated rings. The molecule has 0 atom stereocenters. The number of allylic oxidation sites excluding steroid dienone is 2. The maximum atomic E-state index is 8.57. The van der Waals surface area contributed by atoms with Crippen molar-refractivity contribution in [1.82, 2.24) is 0 Å². The molecule has 2 nitrogen and oxygen atoms in total. The van der Waals surface area contributed by atoms with Gasteiger partial charge in [0.25, 0.3) is 0 Å². The second-order valence-electron chi connectivity index (χ2n) is 2.24. The van der Waals surface area contributed by atoms with Crippen molar-refractivity contribution in [2.24, 2.45) is 0 Å². The van der Waals surface area contributed by atoms with Gasteiger partial charge in [0, 0.05) is 0 Å². The first kappa shape index (κ1) is 8.52. The Bertz CT molecular complexity index is 358. The highest BCUT2D eigenvalue weighted by Gasteiger charge is 2.02. The molecule has 0 spiro atoms. The van der Waals surface area contributed by atoms with Crippen LogP contribution < -0.4 is 0 Å². The molecule has 1 aromatic rings. The van der Waals surface area contributed by atoms with Crippen LogP contribution in [-0.4, -0.2) is 0 Å². The summed E-state index contributed by atoms with van der Waals surface area (Å²) in [6.07, 6.45) is 0. The predicted molar refractivity (Wildman–Crippen MR) is 48.1 cm³/mol. The molecular weight excluding hydrogens is 168 g/mol. The molecule has 12 heavy (non-hydrogen) atoms. The number of rotatable bonds is 1. The minimum Gasteiger partial charge on any atom is -0.192 e. The lowest BCUT2D eigenvalue weighted by molar-refractivity contribution is 1.45. The second kappa shape index (κ2) is 3.71. The molecule has 0 saturated heterocycles. The molecule has 0 aromatic carbocycles. The molecule has 0 unspecified atom stereocenters. The van der Waals surface area contributed by atoms with E-state index < -0.39 is 0 Å². The van der Waals surface area contributed by atoms with E-state index in [1.165, 1.54) is 0 Å². The van der Waals surface area contributed by atoms with Crippen LogP contribution in [0.4, 0.5) is 0 Å². The normalized spacial score (nSPS) is 8.25. The van der Waals surface area contributed by atoms with Crippen LogP contribution >= 0.6 is 11.3 Å². The zero-order valence-corrected chi connectivity index (χ0v) is 7.35. The van der Waals surface area contributed by atoms with Crippen molar-refractivity contribution < 1.29 is 0 Å². The first-order valence-corrected chi connectivity index (χ1v) is 4.27. The van der Waals surface area contributed by atoms with Gasteiger partial charge in [0.1, 0.15) is 17.7 Å². The number of nitrogens with zero attached hydrogens (tertiary/aromatic N) is 2. The molecule has 0 radical (unpaired) electrons. The first-order chi connectivity index (χ1) is 5.79. The zero-order chi connectivity index (χ0) is 8.97. The molecule has 1 heterocycles. The highest BCUT2D eigenvalue weighted by atomic mass is 32.1. The monoisotopic (exact) mass is 174 g/mol. The Kier molecular flexibility index (Phi) is 2.63. The maximum absolute atomic E-state index is 8.57. The quantitative estimate of drug-likeness (QED) is 0.614. The molecule has 0 saturated carbocycles. The summed E-state index contributed by atoms with van der Waals surface area (Å²) in [5, 5.41) is 21.0. The molecule has 1 rings (SSSR count). The van der Waals surface area contributed by atoms with Gasteiger partial charge in [-0.05, 0) is 34.9 Å². The standard InChI is InChI=1S/C9H6N2S/c1-7(9(4-10)5-11)8-2-3-12-6-8/h2-3,6H,1H3. The highest BCUT2D eigenvalue weighted by molar-refractivity contribution is 7.08. The van der Waals surface area contributed by atoms with Crippen LogP contribution in [0.25, 0.3) is 5.57 Å². The molecule has 3 heteroatoms. The Morgan fingerprint density at radius 3 is 2.50 bits per heavy atom. The summed E-state index contributed by atoms with van der Waals surface area (Å²) in [7, 11) is 0. The predicted octanol–water partition coefficient (Wildman–Crippen LogP) is 2.57. The van der Waals surface area contributed by atoms with E-state index >= 15 is 0 Å². The average Bonchev–Trinajstić information content (AvgIpc) is 2.58. The number of hydrogen-bond acceptors (Lipinski definition) is 3. The molecule has 58 valence electrons. The van der Waals surface area contributed by atoms with E-state index in [-0.39, 0.29) is 5.57 Å².